The quantitative estimate of drug-likeness (QED) is 0.660. The molecule has 0 fully saturated rings. The summed E-state index contributed by atoms with van der Waals surface area (Å²) in [5.41, 5.74) is 6.90. The molecule has 0 radical (unpaired) electrons. The summed E-state index contributed by atoms with van der Waals surface area (Å²) >= 11 is 0. The van der Waals surface area contributed by atoms with Crippen LogP contribution in [0.5, 0.6) is 5.75 Å². The van der Waals surface area contributed by atoms with E-state index in [-0.39, 0.29) is 18.1 Å². The van der Waals surface area contributed by atoms with Gasteiger partial charge >= 0.3 is 0 Å². The van der Waals surface area contributed by atoms with E-state index in [4.69, 9.17) is 10.5 Å². The summed E-state index contributed by atoms with van der Waals surface area (Å²) in [4.78, 5) is 14.1. The first kappa shape index (κ1) is 17.3. The zero-order chi connectivity index (χ0) is 16.0. The Morgan fingerprint density at radius 2 is 2.14 bits per heavy atom. The highest BCUT2D eigenvalue weighted by Gasteiger charge is 2.19. The Morgan fingerprint density at radius 3 is 2.67 bits per heavy atom. The number of hydrogen-bond acceptors (Lipinski definition) is 5. The third-order valence-corrected chi connectivity index (χ3v) is 3.46. The lowest BCUT2D eigenvalue weighted by Gasteiger charge is -2.24. The number of aliphatic hydroxyl groups is 1. The van der Waals surface area contributed by atoms with Crippen molar-refractivity contribution in [3.05, 3.63) is 18.2 Å². The third-order valence-electron chi connectivity index (χ3n) is 3.46. The highest BCUT2D eigenvalue weighted by Crippen LogP contribution is 2.24. The predicted molar refractivity (Wildman–Crippen MR) is 84.4 cm³/mol. The van der Waals surface area contributed by atoms with E-state index in [0.717, 1.165) is 0 Å². The van der Waals surface area contributed by atoms with Crippen LogP contribution in [0.15, 0.2) is 18.2 Å². The van der Waals surface area contributed by atoms with Crippen LogP contribution in [0.25, 0.3) is 0 Å². The average molecular weight is 295 g/mol. The molecule has 0 aliphatic rings. The minimum Gasteiger partial charge on any atom is -0.497 e. The molecular weight excluding hydrogens is 270 g/mol. The van der Waals surface area contributed by atoms with Gasteiger partial charge in [0.15, 0.2) is 0 Å². The molecule has 0 saturated heterocycles. The molecule has 0 bridgehead atoms. The summed E-state index contributed by atoms with van der Waals surface area (Å²) < 4.78 is 5.07. The van der Waals surface area contributed by atoms with Gasteiger partial charge in [-0.25, -0.2) is 0 Å². The number of ether oxygens (including phenoxy) is 1. The van der Waals surface area contributed by atoms with Crippen LogP contribution >= 0.6 is 0 Å². The Bertz CT molecular complexity index is 477. The first-order valence-electron chi connectivity index (χ1n) is 6.97. The van der Waals surface area contributed by atoms with Crippen molar-refractivity contribution < 1.29 is 14.6 Å². The van der Waals surface area contributed by atoms with Gasteiger partial charge in [-0.15, -0.1) is 0 Å². The highest BCUT2D eigenvalue weighted by atomic mass is 16.5. The molecule has 2 atom stereocenters. The van der Waals surface area contributed by atoms with Crippen molar-refractivity contribution in [2.24, 2.45) is 0 Å². The van der Waals surface area contributed by atoms with Crippen LogP contribution in [-0.4, -0.2) is 48.8 Å². The van der Waals surface area contributed by atoms with Crippen LogP contribution in [0.1, 0.15) is 20.3 Å². The van der Waals surface area contributed by atoms with Crippen molar-refractivity contribution in [3.8, 4) is 5.75 Å². The summed E-state index contributed by atoms with van der Waals surface area (Å²) in [6.45, 7) is 4.19. The summed E-state index contributed by atoms with van der Waals surface area (Å²) in [6.07, 6.45) is 0.249. The summed E-state index contributed by atoms with van der Waals surface area (Å²) in [7, 11) is 3.41. The minimum atomic E-state index is -0.375. The Labute approximate surface area is 125 Å². The number of nitrogens with one attached hydrogen (secondary N) is 1. The number of methoxy groups -OCH3 is 1. The van der Waals surface area contributed by atoms with E-state index < -0.39 is 0 Å². The number of benzene rings is 1. The van der Waals surface area contributed by atoms with Crippen molar-refractivity contribution in [2.75, 3.05) is 31.8 Å². The van der Waals surface area contributed by atoms with Crippen molar-refractivity contribution in [1.82, 2.24) is 4.90 Å². The van der Waals surface area contributed by atoms with E-state index in [1.54, 1.807) is 32.2 Å². The molecule has 0 aromatic heterocycles. The fraction of sp³-hybridized carbons (Fsp3) is 0.533. The van der Waals surface area contributed by atoms with Crippen molar-refractivity contribution in [1.29, 1.82) is 0 Å². The van der Waals surface area contributed by atoms with E-state index >= 15 is 0 Å². The lowest BCUT2D eigenvalue weighted by atomic mass is 10.2. The number of carbonyl (C=O) groups excluding carboxylic acids is 1. The van der Waals surface area contributed by atoms with Gasteiger partial charge in [0.05, 0.1) is 30.6 Å². The number of anilines is 2. The van der Waals surface area contributed by atoms with Gasteiger partial charge in [0, 0.05) is 12.6 Å². The van der Waals surface area contributed by atoms with Crippen LogP contribution in [0.4, 0.5) is 11.4 Å². The number of nitrogen functional groups attached to an aromatic ring is 1. The summed E-state index contributed by atoms with van der Waals surface area (Å²) in [5, 5.41) is 12.1. The number of nitrogens with zero attached hydrogens (tertiary/aromatic N) is 1. The Morgan fingerprint density at radius 1 is 1.48 bits per heavy atom. The number of likely N-dealkylation sites (N-methyl/N-ethyl adjacent to an activating group) is 1. The number of carbonyl (C=O) groups is 1. The van der Waals surface area contributed by atoms with Crippen molar-refractivity contribution in [3.63, 3.8) is 0 Å². The maximum Gasteiger partial charge on any atom is 0.241 e. The Kier molecular flexibility index (Phi) is 6.45. The maximum atomic E-state index is 12.2. The standard InChI is InChI=1S/C15H25N3O3/c1-10(19)7-8-18(3)11(2)15(20)17-14-6-5-12(21-4)9-13(14)16/h5-6,9-11,19H,7-8,16H2,1-4H3,(H,17,20). The van der Waals surface area contributed by atoms with Crippen molar-refractivity contribution >= 4 is 17.3 Å². The average Bonchev–Trinajstić information content (AvgIpc) is 2.45. The number of aliphatic hydroxyl groups excluding tert-OH is 1. The second kappa shape index (κ2) is 7.85. The molecule has 21 heavy (non-hydrogen) atoms. The Hall–Kier alpha value is -1.79. The molecule has 4 N–H and O–H groups in total. The monoisotopic (exact) mass is 295 g/mol. The molecule has 118 valence electrons. The summed E-state index contributed by atoms with van der Waals surface area (Å²) in [6, 6.07) is 4.81. The van der Waals surface area contributed by atoms with E-state index in [1.807, 2.05) is 18.9 Å². The normalized spacial score (nSPS) is 13.8. The number of amides is 1. The van der Waals surface area contributed by atoms with E-state index in [1.165, 1.54) is 0 Å². The molecule has 1 aromatic rings. The smallest absolute Gasteiger partial charge is 0.241 e. The number of rotatable bonds is 7. The van der Waals surface area contributed by atoms with Crippen LogP contribution in [0.2, 0.25) is 0 Å². The molecule has 0 heterocycles. The zero-order valence-corrected chi connectivity index (χ0v) is 13.1. The van der Waals surface area contributed by atoms with E-state index in [0.29, 0.717) is 30.1 Å². The molecule has 6 nitrogen and oxygen atoms in total. The fourth-order valence-corrected chi connectivity index (χ4v) is 1.80. The van der Waals surface area contributed by atoms with Gasteiger partial charge in [0.2, 0.25) is 5.91 Å². The van der Waals surface area contributed by atoms with Gasteiger partial charge in [0.25, 0.3) is 0 Å². The topological polar surface area (TPSA) is 87.8 Å². The minimum absolute atomic E-state index is 0.139. The first-order valence-corrected chi connectivity index (χ1v) is 6.97. The largest absolute Gasteiger partial charge is 0.497 e. The third kappa shape index (κ3) is 5.24. The first-order chi connectivity index (χ1) is 9.85. The molecule has 0 saturated carbocycles. The predicted octanol–water partition coefficient (Wildman–Crippen LogP) is 1.31. The molecule has 1 rings (SSSR count). The molecule has 1 amide bonds. The van der Waals surface area contributed by atoms with Gasteiger partial charge in [-0.1, -0.05) is 0 Å². The van der Waals surface area contributed by atoms with Gasteiger partial charge in [-0.05, 0) is 39.4 Å². The molecule has 1 aromatic carbocycles. The molecular formula is C15H25N3O3. The fourth-order valence-electron chi connectivity index (χ4n) is 1.80. The lowest BCUT2D eigenvalue weighted by Crippen LogP contribution is -2.40. The van der Waals surface area contributed by atoms with Crippen LogP contribution < -0.4 is 15.8 Å². The number of hydrogen-bond donors (Lipinski definition) is 3. The van der Waals surface area contributed by atoms with Gasteiger partial charge in [-0.3, -0.25) is 9.69 Å². The SMILES string of the molecule is COc1ccc(NC(=O)C(C)N(C)CCC(C)O)c(N)c1. The molecule has 2 unspecified atom stereocenters. The molecule has 6 heteroatoms. The van der Waals surface area contributed by atoms with Gasteiger partial charge < -0.3 is 20.9 Å². The molecule has 0 aliphatic heterocycles. The lowest BCUT2D eigenvalue weighted by molar-refractivity contribution is -0.120. The highest BCUT2D eigenvalue weighted by molar-refractivity contribution is 5.97. The molecule has 0 aliphatic carbocycles. The van der Waals surface area contributed by atoms with E-state index in [9.17, 15) is 9.90 Å². The second-order valence-electron chi connectivity index (χ2n) is 5.24. The van der Waals surface area contributed by atoms with Gasteiger partial charge in [-0.2, -0.15) is 0 Å². The van der Waals surface area contributed by atoms with Gasteiger partial charge in [0.1, 0.15) is 5.75 Å². The molecule has 0 spiro atoms. The van der Waals surface area contributed by atoms with Crippen molar-refractivity contribution in [2.45, 2.75) is 32.4 Å². The Balaban J connectivity index is 2.63. The van der Waals surface area contributed by atoms with Crippen LogP contribution in [0, 0.1) is 0 Å². The van der Waals surface area contributed by atoms with Crippen LogP contribution in [0.3, 0.4) is 0 Å². The summed E-state index contributed by atoms with van der Waals surface area (Å²) in [5.74, 6) is 0.507. The second-order valence-corrected chi connectivity index (χ2v) is 5.24. The van der Waals surface area contributed by atoms with Crippen LogP contribution in [-0.2, 0) is 4.79 Å². The van der Waals surface area contributed by atoms with E-state index in [2.05, 4.69) is 5.32 Å². The zero-order valence-electron chi connectivity index (χ0n) is 13.1. The number of nitrogens with two attached hydrogens (primary N) is 1. The maximum absolute atomic E-state index is 12.2.